The van der Waals surface area contributed by atoms with Gasteiger partial charge in [0.2, 0.25) is 5.91 Å². The summed E-state index contributed by atoms with van der Waals surface area (Å²) in [7, 11) is 1.27. The molecule has 2 rings (SSSR count). The molecule has 0 aromatic carbocycles. The van der Waals surface area contributed by atoms with Gasteiger partial charge in [0.05, 0.1) is 32.7 Å². The Balaban J connectivity index is 1.58. The van der Waals surface area contributed by atoms with E-state index >= 15 is 0 Å². The van der Waals surface area contributed by atoms with Crippen molar-refractivity contribution < 1.29 is 33.4 Å². The number of carbonyl (C=O) groups excluding carboxylic acids is 4. The number of ether oxygens (including phenoxy) is 3. The molecule has 2 fully saturated rings. The standard InChI is InChI=1S/C25H43N3O7S/c1-19(29)28-14-6-5-10-25(28)34-18-24(2,3)21(35-25)17-27-12-7-11-26-13-15-36-23(32)16-20(30)8-9-22(31)33-4/h21,26-27H,5-18H2,1-4H3/t21-,25?/m0/s1. The van der Waals surface area contributed by atoms with Crippen molar-refractivity contribution >= 4 is 34.5 Å². The van der Waals surface area contributed by atoms with Crippen molar-refractivity contribution in [2.24, 2.45) is 5.41 Å². The van der Waals surface area contributed by atoms with Crippen molar-refractivity contribution in [1.29, 1.82) is 0 Å². The van der Waals surface area contributed by atoms with E-state index in [9.17, 15) is 19.2 Å². The maximum atomic E-state index is 12.2. The lowest BCUT2D eigenvalue weighted by Crippen LogP contribution is -2.65. The van der Waals surface area contributed by atoms with E-state index in [4.69, 9.17) is 9.47 Å². The Bertz CT molecular complexity index is 764. The monoisotopic (exact) mass is 529 g/mol. The fraction of sp³-hybridized carbons (Fsp3) is 0.840. The lowest BCUT2D eigenvalue weighted by atomic mass is 9.85. The predicted molar refractivity (Wildman–Crippen MR) is 137 cm³/mol. The largest absolute Gasteiger partial charge is 0.469 e. The molecule has 1 unspecified atom stereocenters. The molecule has 1 amide bonds. The van der Waals surface area contributed by atoms with Gasteiger partial charge >= 0.3 is 5.97 Å². The number of nitrogens with one attached hydrogen (secondary N) is 2. The third-order valence-electron chi connectivity index (χ3n) is 6.54. The topological polar surface area (TPSA) is 123 Å². The van der Waals surface area contributed by atoms with Crippen molar-refractivity contribution in [3.05, 3.63) is 0 Å². The number of piperidine rings is 1. The smallest absolute Gasteiger partial charge is 0.305 e. The summed E-state index contributed by atoms with van der Waals surface area (Å²) in [5.74, 6) is -1.04. The number of rotatable bonds is 14. The van der Waals surface area contributed by atoms with Crippen LogP contribution in [0.4, 0.5) is 0 Å². The first kappa shape index (κ1) is 30.7. The molecule has 2 N–H and O–H groups in total. The molecule has 2 saturated heterocycles. The molecule has 2 aliphatic heterocycles. The third-order valence-corrected chi connectivity index (χ3v) is 7.41. The first-order valence-electron chi connectivity index (χ1n) is 12.9. The molecule has 0 radical (unpaired) electrons. The second-order valence-electron chi connectivity index (χ2n) is 10.0. The number of hydrogen-bond acceptors (Lipinski definition) is 10. The molecule has 2 atom stereocenters. The van der Waals surface area contributed by atoms with E-state index in [-0.39, 0.29) is 47.6 Å². The number of esters is 1. The molecular weight excluding hydrogens is 486 g/mol. The van der Waals surface area contributed by atoms with Gasteiger partial charge in [0.15, 0.2) is 5.12 Å². The maximum Gasteiger partial charge on any atom is 0.305 e. The molecule has 36 heavy (non-hydrogen) atoms. The summed E-state index contributed by atoms with van der Waals surface area (Å²) < 4.78 is 17.1. The SMILES string of the molecule is COC(=O)CCC(=O)CC(=O)SCCNCCCNC[C@@H]1OC2(CCCCN2C(C)=O)OCC1(C)C. The van der Waals surface area contributed by atoms with Crippen molar-refractivity contribution in [2.45, 2.75) is 77.7 Å². The molecule has 10 nitrogen and oxygen atoms in total. The Morgan fingerprint density at radius 1 is 1.08 bits per heavy atom. The average Bonchev–Trinajstić information content (AvgIpc) is 2.83. The van der Waals surface area contributed by atoms with Gasteiger partial charge in [-0.15, -0.1) is 0 Å². The highest BCUT2D eigenvalue weighted by Crippen LogP contribution is 2.41. The summed E-state index contributed by atoms with van der Waals surface area (Å²) in [5, 5.41) is 6.61. The number of hydrogen-bond donors (Lipinski definition) is 2. The Morgan fingerprint density at radius 2 is 1.83 bits per heavy atom. The van der Waals surface area contributed by atoms with Crippen LogP contribution in [0.25, 0.3) is 0 Å². The van der Waals surface area contributed by atoms with Crippen LogP contribution in [0.15, 0.2) is 0 Å². The summed E-state index contributed by atoms with van der Waals surface area (Å²) in [4.78, 5) is 48.5. The number of ketones is 1. The molecule has 0 aromatic rings. The van der Waals surface area contributed by atoms with Crippen LogP contribution in [0.3, 0.4) is 0 Å². The average molecular weight is 530 g/mol. The fourth-order valence-electron chi connectivity index (χ4n) is 4.30. The molecule has 1 spiro atoms. The van der Waals surface area contributed by atoms with Gasteiger partial charge in [-0.2, -0.15) is 0 Å². The van der Waals surface area contributed by atoms with Gasteiger partial charge < -0.3 is 24.8 Å². The highest BCUT2D eigenvalue weighted by atomic mass is 32.2. The van der Waals surface area contributed by atoms with Crippen molar-refractivity contribution in [2.75, 3.05) is 52.2 Å². The molecule has 0 aromatic heterocycles. The third kappa shape index (κ3) is 9.74. The van der Waals surface area contributed by atoms with Gasteiger partial charge in [0, 0.05) is 50.6 Å². The highest BCUT2D eigenvalue weighted by molar-refractivity contribution is 8.13. The number of Topliss-reactive ketones (excluding diaryl/α,β-unsaturated/α-hetero) is 1. The van der Waals surface area contributed by atoms with Crippen molar-refractivity contribution in [1.82, 2.24) is 15.5 Å². The Labute approximate surface area is 218 Å². The first-order valence-corrected chi connectivity index (χ1v) is 13.8. The number of carbonyl (C=O) groups is 4. The lowest BCUT2D eigenvalue weighted by molar-refractivity contribution is -0.386. The summed E-state index contributed by atoms with van der Waals surface area (Å²) in [6.45, 7) is 10.00. The highest BCUT2D eigenvalue weighted by Gasteiger charge is 2.51. The zero-order chi connectivity index (χ0) is 26.6. The minimum absolute atomic E-state index is 0.0126. The molecule has 206 valence electrons. The van der Waals surface area contributed by atoms with Gasteiger partial charge in [-0.3, -0.25) is 24.1 Å². The van der Waals surface area contributed by atoms with Crippen molar-refractivity contribution in [3.8, 4) is 0 Å². The van der Waals surface area contributed by atoms with Gasteiger partial charge in [-0.1, -0.05) is 25.6 Å². The van der Waals surface area contributed by atoms with Crippen LogP contribution in [0, 0.1) is 5.41 Å². The molecular formula is C25H43N3O7S. The Kier molecular flexibility index (Phi) is 12.8. The minimum Gasteiger partial charge on any atom is -0.469 e. The van der Waals surface area contributed by atoms with Crippen LogP contribution in [0.5, 0.6) is 0 Å². The van der Waals surface area contributed by atoms with Crippen LogP contribution in [0.2, 0.25) is 0 Å². The van der Waals surface area contributed by atoms with Crippen LogP contribution < -0.4 is 10.6 Å². The Morgan fingerprint density at radius 3 is 2.56 bits per heavy atom. The maximum absolute atomic E-state index is 12.2. The second-order valence-corrected chi connectivity index (χ2v) is 11.2. The van der Waals surface area contributed by atoms with Crippen LogP contribution in [0.1, 0.15) is 65.7 Å². The summed E-state index contributed by atoms with van der Waals surface area (Å²) >= 11 is 1.13. The van der Waals surface area contributed by atoms with E-state index in [1.165, 1.54) is 7.11 Å². The zero-order valence-corrected chi connectivity index (χ0v) is 23.0. The van der Waals surface area contributed by atoms with E-state index in [0.29, 0.717) is 38.4 Å². The predicted octanol–water partition coefficient (Wildman–Crippen LogP) is 1.86. The summed E-state index contributed by atoms with van der Waals surface area (Å²) in [5.41, 5.74) is -0.166. The van der Waals surface area contributed by atoms with Gasteiger partial charge in [0.1, 0.15) is 5.78 Å². The zero-order valence-electron chi connectivity index (χ0n) is 22.2. The molecule has 0 saturated carbocycles. The Hall–Kier alpha value is -1.53. The summed E-state index contributed by atoms with van der Waals surface area (Å²) in [6.07, 6.45) is 3.39. The van der Waals surface area contributed by atoms with Gasteiger partial charge in [0.25, 0.3) is 5.91 Å². The van der Waals surface area contributed by atoms with Crippen LogP contribution in [-0.4, -0.2) is 91.9 Å². The van der Waals surface area contributed by atoms with E-state index < -0.39 is 11.9 Å². The second kappa shape index (κ2) is 15.0. The molecule has 11 heteroatoms. The number of thioether (sulfide) groups is 1. The van der Waals surface area contributed by atoms with E-state index in [0.717, 1.165) is 44.1 Å². The number of amides is 1. The number of nitrogens with zero attached hydrogens (tertiary/aromatic N) is 1. The van der Waals surface area contributed by atoms with Crippen LogP contribution in [-0.2, 0) is 33.4 Å². The molecule has 2 aliphatic rings. The lowest BCUT2D eigenvalue weighted by Gasteiger charge is -2.54. The van der Waals surface area contributed by atoms with Crippen molar-refractivity contribution in [3.63, 3.8) is 0 Å². The summed E-state index contributed by atoms with van der Waals surface area (Å²) in [6, 6.07) is 0. The number of likely N-dealkylation sites (tertiary alicyclic amines) is 1. The fourth-order valence-corrected chi connectivity index (χ4v) is 5.03. The van der Waals surface area contributed by atoms with Gasteiger partial charge in [-0.05, 0) is 32.4 Å². The van der Waals surface area contributed by atoms with Gasteiger partial charge in [-0.25, -0.2) is 0 Å². The van der Waals surface area contributed by atoms with Crippen LogP contribution >= 0.6 is 11.8 Å². The molecule has 0 aliphatic carbocycles. The van der Waals surface area contributed by atoms with E-state index in [1.54, 1.807) is 11.8 Å². The molecule has 0 bridgehead atoms. The number of methoxy groups -OCH3 is 1. The van der Waals surface area contributed by atoms with E-state index in [2.05, 4.69) is 29.2 Å². The minimum atomic E-state index is -0.936. The normalized spacial score (nSPS) is 23.4. The van der Waals surface area contributed by atoms with E-state index in [1.807, 2.05) is 0 Å². The quantitative estimate of drug-likeness (QED) is 0.196. The molecule has 2 heterocycles. The first-order chi connectivity index (χ1) is 17.1.